The molecule has 2 heterocycles. The molecule has 0 aliphatic heterocycles. The summed E-state index contributed by atoms with van der Waals surface area (Å²) in [7, 11) is 0. The fraction of sp³-hybridized carbons (Fsp3) is 0. The number of rotatable bonds is 4. The fourth-order valence-electron chi connectivity index (χ4n) is 1.46. The lowest BCUT2D eigenvalue weighted by Crippen LogP contribution is -1.84. The number of halogens is 1. The molecule has 0 spiro atoms. The van der Waals surface area contributed by atoms with E-state index >= 15 is 0 Å². The number of nitrogens with zero attached hydrogens (tertiary/aromatic N) is 4. The van der Waals surface area contributed by atoms with Gasteiger partial charge in [-0.25, -0.2) is 4.68 Å². The second kappa shape index (κ2) is 5.94. The lowest BCUT2D eigenvalue weighted by Gasteiger charge is -1.97. The Balaban J connectivity index is 1.69. The van der Waals surface area contributed by atoms with Crippen molar-refractivity contribution in [3.8, 4) is 0 Å². The van der Waals surface area contributed by atoms with Gasteiger partial charge in [0, 0.05) is 9.92 Å². The summed E-state index contributed by atoms with van der Waals surface area (Å²) in [6, 6.07) is 11.3. The van der Waals surface area contributed by atoms with Gasteiger partial charge in [0.1, 0.15) is 18.4 Å². The SMILES string of the molecule is Clc1ccc(Sc2ccc(/C=N\n3cnnc3)o2)cc1. The smallest absolute Gasteiger partial charge is 0.165 e. The van der Waals surface area contributed by atoms with E-state index in [9.17, 15) is 0 Å². The van der Waals surface area contributed by atoms with Gasteiger partial charge in [-0.3, -0.25) is 0 Å². The fourth-order valence-corrected chi connectivity index (χ4v) is 2.36. The van der Waals surface area contributed by atoms with Gasteiger partial charge in [-0.2, -0.15) is 5.10 Å². The van der Waals surface area contributed by atoms with Crippen LogP contribution in [0.15, 0.2) is 68.6 Å². The first kappa shape index (κ1) is 13.0. The van der Waals surface area contributed by atoms with Crippen LogP contribution in [0.3, 0.4) is 0 Å². The lowest BCUT2D eigenvalue weighted by atomic mass is 10.4. The summed E-state index contributed by atoms with van der Waals surface area (Å²) in [6.45, 7) is 0. The van der Waals surface area contributed by atoms with Crippen LogP contribution < -0.4 is 0 Å². The van der Waals surface area contributed by atoms with Crippen molar-refractivity contribution in [1.82, 2.24) is 14.9 Å². The summed E-state index contributed by atoms with van der Waals surface area (Å²) in [6.07, 6.45) is 4.61. The van der Waals surface area contributed by atoms with Crippen LogP contribution in [0.1, 0.15) is 5.76 Å². The van der Waals surface area contributed by atoms with Gasteiger partial charge in [-0.1, -0.05) is 23.4 Å². The molecule has 3 aromatic rings. The normalized spacial score (nSPS) is 11.2. The van der Waals surface area contributed by atoms with Gasteiger partial charge < -0.3 is 4.42 Å². The van der Waals surface area contributed by atoms with Crippen LogP contribution in [0.2, 0.25) is 5.02 Å². The highest BCUT2D eigenvalue weighted by Crippen LogP contribution is 2.29. The van der Waals surface area contributed by atoms with E-state index in [1.54, 1.807) is 6.21 Å². The first-order valence-electron chi connectivity index (χ1n) is 5.72. The summed E-state index contributed by atoms with van der Waals surface area (Å²) in [4.78, 5) is 1.06. The maximum absolute atomic E-state index is 5.85. The van der Waals surface area contributed by atoms with Gasteiger partial charge in [-0.15, -0.1) is 10.2 Å². The van der Waals surface area contributed by atoms with Crippen LogP contribution >= 0.6 is 23.4 Å². The predicted molar refractivity (Wildman–Crippen MR) is 77.3 cm³/mol. The second-order valence-corrected chi connectivity index (χ2v) is 5.31. The van der Waals surface area contributed by atoms with Crippen LogP contribution in [0, 0.1) is 0 Å². The zero-order valence-electron chi connectivity index (χ0n) is 10.2. The summed E-state index contributed by atoms with van der Waals surface area (Å²) in [5, 5.41) is 12.9. The van der Waals surface area contributed by atoms with Gasteiger partial charge in [0.15, 0.2) is 5.09 Å². The van der Waals surface area contributed by atoms with E-state index in [4.69, 9.17) is 16.0 Å². The molecule has 0 N–H and O–H groups in total. The van der Waals surface area contributed by atoms with Crippen molar-refractivity contribution in [3.05, 3.63) is 59.8 Å². The van der Waals surface area contributed by atoms with Gasteiger partial charge in [0.25, 0.3) is 0 Å². The van der Waals surface area contributed by atoms with Crippen molar-refractivity contribution in [1.29, 1.82) is 0 Å². The van der Waals surface area contributed by atoms with E-state index in [-0.39, 0.29) is 0 Å². The van der Waals surface area contributed by atoms with Gasteiger partial charge >= 0.3 is 0 Å². The molecule has 0 saturated carbocycles. The number of benzene rings is 1. The van der Waals surface area contributed by atoms with Crippen LogP contribution in [0.25, 0.3) is 0 Å². The molecule has 0 saturated heterocycles. The number of furan rings is 1. The van der Waals surface area contributed by atoms with Crippen molar-refractivity contribution in [2.24, 2.45) is 5.10 Å². The molecule has 2 aromatic heterocycles. The van der Waals surface area contributed by atoms with Crippen LogP contribution in [0.4, 0.5) is 0 Å². The second-order valence-electron chi connectivity index (χ2n) is 3.80. The molecule has 0 aliphatic rings. The Morgan fingerprint density at radius 2 is 1.85 bits per heavy atom. The largest absolute Gasteiger partial charge is 0.448 e. The maximum Gasteiger partial charge on any atom is 0.165 e. The van der Waals surface area contributed by atoms with Gasteiger partial charge in [0.2, 0.25) is 0 Å². The Labute approximate surface area is 124 Å². The first-order valence-corrected chi connectivity index (χ1v) is 6.91. The van der Waals surface area contributed by atoms with Crippen molar-refractivity contribution in [3.63, 3.8) is 0 Å². The monoisotopic (exact) mass is 304 g/mol. The molecule has 20 heavy (non-hydrogen) atoms. The third kappa shape index (κ3) is 3.28. The number of hydrogen-bond acceptors (Lipinski definition) is 5. The minimum absolute atomic E-state index is 0.662. The van der Waals surface area contributed by atoms with Gasteiger partial charge in [-0.05, 0) is 36.4 Å². The third-order valence-corrected chi connectivity index (χ3v) is 3.54. The van der Waals surface area contributed by atoms with E-state index in [1.807, 2.05) is 36.4 Å². The predicted octanol–water partition coefficient (Wildman–Crippen LogP) is 3.56. The quantitative estimate of drug-likeness (QED) is 0.692. The highest BCUT2D eigenvalue weighted by atomic mass is 35.5. The highest BCUT2D eigenvalue weighted by molar-refractivity contribution is 7.99. The molecule has 1 aromatic carbocycles. The minimum Gasteiger partial charge on any atom is -0.448 e. The Hall–Kier alpha value is -2.05. The van der Waals surface area contributed by atoms with Crippen molar-refractivity contribution < 1.29 is 4.42 Å². The number of hydrogen-bond donors (Lipinski definition) is 0. The summed E-state index contributed by atoms with van der Waals surface area (Å²) in [5.41, 5.74) is 0. The molecule has 0 bridgehead atoms. The molecule has 0 fully saturated rings. The Morgan fingerprint density at radius 1 is 1.10 bits per heavy atom. The molecule has 0 amide bonds. The number of aromatic nitrogens is 3. The maximum atomic E-state index is 5.85. The average molecular weight is 305 g/mol. The molecule has 5 nitrogen and oxygen atoms in total. The van der Waals surface area contributed by atoms with E-state index < -0.39 is 0 Å². The van der Waals surface area contributed by atoms with E-state index in [0.29, 0.717) is 5.76 Å². The molecular weight excluding hydrogens is 296 g/mol. The highest BCUT2D eigenvalue weighted by Gasteiger charge is 2.03. The van der Waals surface area contributed by atoms with E-state index in [0.717, 1.165) is 15.0 Å². The summed E-state index contributed by atoms with van der Waals surface area (Å²) < 4.78 is 7.14. The van der Waals surface area contributed by atoms with Crippen LogP contribution in [-0.2, 0) is 0 Å². The van der Waals surface area contributed by atoms with E-state index in [1.165, 1.54) is 29.1 Å². The van der Waals surface area contributed by atoms with E-state index in [2.05, 4.69) is 15.3 Å². The Kier molecular flexibility index (Phi) is 3.85. The molecule has 0 aliphatic carbocycles. The molecule has 0 atom stereocenters. The molecule has 100 valence electrons. The zero-order chi connectivity index (χ0) is 13.8. The lowest BCUT2D eigenvalue weighted by molar-refractivity contribution is 0.468. The summed E-state index contributed by atoms with van der Waals surface area (Å²) in [5.74, 6) is 0.662. The zero-order valence-corrected chi connectivity index (χ0v) is 11.8. The Morgan fingerprint density at radius 3 is 2.60 bits per heavy atom. The van der Waals surface area contributed by atoms with Crippen molar-refractivity contribution in [2.75, 3.05) is 0 Å². The molecule has 3 rings (SSSR count). The third-order valence-electron chi connectivity index (χ3n) is 2.36. The summed E-state index contributed by atoms with van der Waals surface area (Å²) >= 11 is 7.37. The standard InChI is InChI=1S/C13H9ClN4OS/c14-10-1-4-12(5-2-10)20-13-6-3-11(19-13)7-17-18-8-15-16-9-18/h1-9H/b17-7-. The average Bonchev–Trinajstić information content (AvgIpc) is 3.10. The van der Waals surface area contributed by atoms with Crippen molar-refractivity contribution in [2.45, 2.75) is 9.99 Å². The van der Waals surface area contributed by atoms with Crippen LogP contribution in [-0.4, -0.2) is 21.1 Å². The van der Waals surface area contributed by atoms with Crippen molar-refractivity contribution >= 4 is 29.6 Å². The minimum atomic E-state index is 0.662. The van der Waals surface area contributed by atoms with Gasteiger partial charge in [0.05, 0.1) is 6.21 Å². The van der Waals surface area contributed by atoms with Crippen LogP contribution in [0.5, 0.6) is 0 Å². The molecule has 0 unspecified atom stereocenters. The molecular formula is C13H9ClN4OS. The molecule has 0 radical (unpaired) electrons. The molecule has 7 heteroatoms. The first-order chi connectivity index (χ1) is 9.79. The topological polar surface area (TPSA) is 56.2 Å². The Bertz CT molecular complexity index is 706.